The van der Waals surface area contributed by atoms with E-state index in [9.17, 15) is 9.59 Å². The fraction of sp³-hybridized carbons (Fsp3) is 0.350. The number of imidazole rings is 1. The van der Waals surface area contributed by atoms with Gasteiger partial charge in [-0.3, -0.25) is 13.9 Å². The van der Waals surface area contributed by atoms with Crippen LogP contribution in [0.15, 0.2) is 46.5 Å². The molecule has 27 heavy (non-hydrogen) atoms. The molecule has 7 heteroatoms. The molecule has 0 amide bonds. The Morgan fingerprint density at radius 1 is 1.22 bits per heavy atom. The lowest BCUT2D eigenvalue weighted by Crippen LogP contribution is -2.40. The third kappa shape index (κ3) is 2.45. The molecule has 1 atom stereocenters. The number of hydrogen-bond acceptors (Lipinski definition) is 4. The largest absolute Gasteiger partial charge is 0.333 e. The molecule has 3 aromatic rings. The highest BCUT2D eigenvalue weighted by molar-refractivity contribution is 5.77. The molecule has 0 unspecified atom stereocenters. The summed E-state index contributed by atoms with van der Waals surface area (Å²) in [6, 6.07) is 7.98. The third-order valence-corrected chi connectivity index (χ3v) is 5.35. The third-order valence-electron chi connectivity index (χ3n) is 5.35. The van der Waals surface area contributed by atoms with Crippen LogP contribution in [0.3, 0.4) is 0 Å². The molecule has 2 aromatic heterocycles. The molecule has 0 saturated carbocycles. The molecule has 0 fully saturated rings. The SMILES string of the molecule is C=C[C@H](C)n1c(=O)c2c(nc3n2CCN3c2ccc(CC)cc2)n(C)c1=O. The maximum atomic E-state index is 13.1. The van der Waals surface area contributed by atoms with E-state index in [0.29, 0.717) is 23.7 Å². The summed E-state index contributed by atoms with van der Waals surface area (Å²) in [5.74, 6) is 0.699. The number of aryl methyl sites for hydroxylation is 2. The Hall–Kier alpha value is -3.09. The Bertz CT molecular complexity index is 1150. The van der Waals surface area contributed by atoms with Crippen molar-refractivity contribution < 1.29 is 0 Å². The van der Waals surface area contributed by atoms with Gasteiger partial charge in [-0.25, -0.2) is 4.79 Å². The van der Waals surface area contributed by atoms with Crippen LogP contribution in [-0.2, 0) is 20.0 Å². The van der Waals surface area contributed by atoms with E-state index >= 15 is 0 Å². The second-order valence-electron chi connectivity index (χ2n) is 6.90. The van der Waals surface area contributed by atoms with E-state index in [1.807, 2.05) is 4.57 Å². The Labute approximate surface area is 156 Å². The number of fused-ring (bicyclic) bond motifs is 3. The van der Waals surface area contributed by atoms with Crippen LogP contribution in [0.4, 0.5) is 11.6 Å². The number of anilines is 2. The molecule has 1 aliphatic heterocycles. The normalized spacial score (nSPS) is 14.6. The predicted octanol–water partition coefficient (Wildman–Crippen LogP) is 2.36. The lowest BCUT2D eigenvalue weighted by molar-refractivity contribution is 0.572. The van der Waals surface area contributed by atoms with Crippen molar-refractivity contribution in [1.82, 2.24) is 18.7 Å². The van der Waals surface area contributed by atoms with Gasteiger partial charge in [0.15, 0.2) is 11.2 Å². The highest BCUT2D eigenvalue weighted by atomic mass is 16.2. The second kappa shape index (κ2) is 6.26. The van der Waals surface area contributed by atoms with Crippen LogP contribution in [0, 0.1) is 0 Å². The molecule has 0 saturated heterocycles. The van der Waals surface area contributed by atoms with Crippen molar-refractivity contribution in [3.05, 3.63) is 63.3 Å². The minimum atomic E-state index is -0.383. The van der Waals surface area contributed by atoms with E-state index in [1.165, 1.54) is 14.7 Å². The first-order valence-corrected chi connectivity index (χ1v) is 9.18. The zero-order valence-electron chi connectivity index (χ0n) is 15.8. The van der Waals surface area contributed by atoms with Gasteiger partial charge < -0.3 is 9.47 Å². The van der Waals surface area contributed by atoms with Gasteiger partial charge in [0.1, 0.15) is 0 Å². The Kier molecular flexibility index (Phi) is 4.02. The van der Waals surface area contributed by atoms with Gasteiger partial charge >= 0.3 is 5.69 Å². The molecule has 7 nitrogen and oxygen atoms in total. The monoisotopic (exact) mass is 365 g/mol. The average molecular weight is 365 g/mol. The molecule has 0 radical (unpaired) electrons. The lowest BCUT2D eigenvalue weighted by Gasteiger charge is -2.16. The molecule has 4 rings (SSSR count). The minimum Gasteiger partial charge on any atom is -0.310 e. The molecular formula is C20H23N5O2. The first-order valence-electron chi connectivity index (χ1n) is 9.18. The summed E-state index contributed by atoms with van der Waals surface area (Å²) in [4.78, 5) is 32.5. The molecule has 1 aromatic carbocycles. The zero-order valence-corrected chi connectivity index (χ0v) is 15.8. The summed E-state index contributed by atoms with van der Waals surface area (Å²) in [5, 5.41) is 0. The van der Waals surface area contributed by atoms with Crippen molar-refractivity contribution in [2.75, 3.05) is 11.4 Å². The van der Waals surface area contributed by atoms with Crippen molar-refractivity contribution in [2.45, 2.75) is 32.9 Å². The Morgan fingerprint density at radius 3 is 2.56 bits per heavy atom. The van der Waals surface area contributed by atoms with Crippen molar-refractivity contribution in [3.63, 3.8) is 0 Å². The number of benzene rings is 1. The van der Waals surface area contributed by atoms with Gasteiger partial charge in [-0.1, -0.05) is 25.1 Å². The average Bonchev–Trinajstić information content (AvgIpc) is 3.25. The van der Waals surface area contributed by atoms with Crippen LogP contribution < -0.4 is 16.1 Å². The van der Waals surface area contributed by atoms with Gasteiger partial charge in [-0.2, -0.15) is 4.98 Å². The summed E-state index contributed by atoms with van der Waals surface area (Å²) in [7, 11) is 1.65. The number of allylic oxidation sites excluding steroid dienone is 1. The van der Waals surface area contributed by atoms with Gasteiger partial charge in [0.05, 0.1) is 6.04 Å². The fourth-order valence-corrected chi connectivity index (χ4v) is 3.67. The van der Waals surface area contributed by atoms with Crippen LogP contribution in [0.5, 0.6) is 0 Å². The Balaban J connectivity index is 1.93. The van der Waals surface area contributed by atoms with E-state index in [0.717, 1.165) is 18.7 Å². The van der Waals surface area contributed by atoms with Gasteiger partial charge in [-0.05, 0) is 31.0 Å². The minimum absolute atomic E-state index is 0.317. The molecule has 0 aliphatic carbocycles. The van der Waals surface area contributed by atoms with E-state index in [1.54, 1.807) is 20.0 Å². The molecule has 0 bridgehead atoms. The topological polar surface area (TPSA) is 65.1 Å². The second-order valence-corrected chi connectivity index (χ2v) is 6.90. The summed E-state index contributed by atoms with van der Waals surface area (Å²) < 4.78 is 4.60. The van der Waals surface area contributed by atoms with Crippen LogP contribution >= 0.6 is 0 Å². The van der Waals surface area contributed by atoms with E-state index < -0.39 is 0 Å². The molecule has 140 valence electrons. The van der Waals surface area contributed by atoms with E-state index in [-0.39, 0.29) is 17.3 Å². The van der Waals surface area contributed by atoms with Crippen molar-refractivity contribution >= 4 is 22.8 Å². The summed E-state index contributed by atoms with van der Waals surface area (Å²) in [6.07, 6.45) is 2.58. The van der Waals surface area contributed by atoms with Crippen LogP contribution in [0.25, 0.3) is 11.2 Å². The number of nitrogens with zero attached hydrogens (tertiary/aromatic N) is 5. The molecule has 0 N–H and O–H groups in total. The Morgan fingerprint density at radius 2 is 1.93 bits per heavy atom. The first kappa shape index (κ1) is 17.3. The van der Waals surface area contributed by atoms with Gasteiger partial charge in [0, 0.05) is 25.8 Å². The van der Waals surface area contributed by atoms with Crippen LogP contribution in [0.1, 0.15) is 25.5 Å². The maximum absolute atomic E-state index is 13.1. The van der Waals surface area contributed by atoms with Gasteiger partial charge in [-0.15, -0.1) is 6.58 Å². The number of rotatable bonds is 4. The lowest BCUT2D eigenvalue weighted by atomic mass is 10.1. The standard InChI is InChI=1S/C20H23N5O2/c1-5-13(3)25-18(26)16-17(22(4)20(25)27)21-19-23(11-12-24(16)19)15-9-7-14(6-2)8-10-15/h5,7-10,13H,1,6,11-12H2,2-4H3/t13-/m0/s1. The van der Waals surface area contributed by atoms with Crippen LogP contribution in [0.2, 0.25) is 0 Å². The molecule has 0 spiro atoms. The fourth-order valence-electron chi connectivity index (χ4n) is 3.67. The molecule has 1 aliphatic rings. The van der Waals surface area contributed by atoms with Gasteiger partial charge in [0.2, 0.25) is 5.95 Å². The van der Waals surface area contributed by atoms with Crippen molar-refractivity contribution in [2.24, 2.45) is 7.05 Å². The van der Waals surface area contributed by atoms with Crippen molar-refractivity contribution in [1.29, 1.82) is 0 Å². The first-order chi connectivity index (χ1) is 13.0. The van der Waals surface area contributed by atoms with Crippen LogP contribution in [-0.4, -0.2) is 25.2 Å². The van der Waals surface area contributed by atoms with Gasteiger partial charge in [0.25, 0.3) is 5.56 Å². The van der Waals surface area contributed by atoms with Crippen molar-refractivity contribution in [3.8, 4) is 0 Å². The summed E-state index contributed by atoms with van der Waals surface area (Å²) in [5.41, 5.74) is 2.50. The smallest absolute Gasteiger partial charge is 0.310 e. The van der Waals surface area contributed by atoms with E-state index in [2.05, 4.69) is 47.7 Å². The highest BCUT2D eigenvalue weighted by Crippen LogP contribution is 2.31. The summed E-state index contributed by atoms with van der Waals surface area (Å²) >= 11 is 0. The number of hydrogen-bond donors (Lipinski definition) is 0. The quantitative estimate of drug-likeness (QED) is 0.666. The van der Waals surface area contributed by atoms with E-state index in [4.69, 9.17) is 0 Å². The predicted molar refractivity (Wildman–Crippen MR) is 107 cm³/mol. The molecule has 3 heterocycles. The molecular weight excluding hydrogens is 342 g/mol. The number of aromatic nitrogens is 4. The summed E-state index contributed by atoms with van der Waals surface area (Å²) in [6.45, 7) is 9.01. The maximum Gasteiger partial charge on any atom is 0.333 e. The highest BCUT2D eigenvalue weighted by Gasteiger charge is 2.29. The zero-order chi connectivity index (χ0) is 19.3.